The molecule has 1 aromatic rings. The van der Waals surface area contributed by atoms with Crippen molar-refractivity contribution in [2.75, 3.05) is 20.7 Å². The zero-order valence-electron chi connectivity index (χ0n) is 16.8. The maximum Gasteiger partial charge on any atom is 0.336 e. The molecule has 0 fully saturated rings. The molecule has 0 unspecified atom stereocenters. The van der Waals surface area contributed by atoms with Gasteiger partial charge in [-0.2, -0.15) is 0 Å². The summed E-state index contributed by atoms with van der Waals surface area (Å²) >= 11 is 0. The fraction of sp³-hybridized carbons (Fsp3) is 0.435. The Balaban J connectivity index is 1.45. The van der Waals surface area contributed by atoms with Crippen molar-refractivity contribution >= 4 is 5.97 Å². The lowest BCUT2D eigenvalue weighted by molar-refractivity contribution is -0.143. The van der Waals surface area contributed by atoms with Gasteiger partial charge in [0.25, 0.3) is 0 Å². The van der Waals surface area contributed by atoms with Crippen LogP contribution in [0.2, 0.25) is 0 Å². The Bertz CT molecular complexity index is 935. The van der Waals surface area contributed by atoms with Crippen molar-refractivity contribution in [3.05, 3.63) is 59.5 Å². The Morgan fingerprint density at radius 2 is 2.28 bits per heavy atom. The van der Waals surface area contributed by atoms with E-state index in [4.69, 9.17) is 14.2 Å². The number of allylic oxidation sites excluding steroid dienone is 1. The second-order valence-corrected chi connectivity index (χ2v) is 8.25. The zero-order chi connectivity index (χ0) is 20.0. The Kier molecular flexibility index (Phi) is 4.39. The standard InChI is InChI=1S/C23H26N2O4/c1-25-11-9-23-8-7-17(28-22(26)15-4-3-10-24-13-15)12-19(23)29-21-18(27-2)6-5-16(14-25)20(21)23/h3,5-8,10,13,17,19,24H,4,9,11-12,14H2,1-2H3/t17-,19-,23-/m0/s1. The molecule has 1 N–H and O–H groups in total. The number of carbonyl (C=O) groups is 1. The lowest BCUT2D eigenvalue weighted by Crippen LogP contribution is -2.43. The van der Waals surface area contributed by atoms with E-state index in [2.05, 4.69) is 29.4 Å². The fourth-order valence-electron chi connectivity index (χ4n) is 4.97. The number of dihydropyridines is 1. The van der Waals surface area contributed by atoms with Crippen LogP contribution in [-0.2, 0) is 21.5 Å². The third-order valence-corrected chi connectivity index (χ3v) is 6.46. The van der Waals surface area contributed by atoms with Gasteiger partial charge in [0.1, 0.15) is 12.2 Å². The van der Waals surface area contributed by atoms with Gasteiger partial charge in [0.05, 0.1) is 18.1 Å². The van der Waals surface area contributed by atoms with Gasteiger partial charge in [-0.3, -0.25) is 0 Å². The van der Waals surface area contributed by atoms with Crippen LogP contribution < -0.4 is 14.8 Å². The first-order valence-electron chi connectivity index (χ1n) is 10.2. The number of hydrogen-bond acceptors (Lipinski definition) is 6. The number of rotatable bonds is 3. The number of benzene rings is 1. The van der Waals surface area contributed by atoms with E-state index in [1.807, 2.05) is 24.4 Å². The lowest BCUT2D eigenvalue weighted by atomic mass is 9.69. The molecule has 1 spiro atoms. The van der Waals surface area contributed by atoms with Crippen LogP contribution in [0, 0.1) is 0 Å². The first-order chi connectivity index (χ1) is 14.1. The summed E-state index contributed by atoms with van der Waals surface area (Å²) in [5.41, 5.74) is 2.98. The second-order valence-electron chi connectivity index (χ2n) is 8.25. The maximum atomic E-state index is 12.5. The van der Waals surface area contributed by atoms with Gasteiger partial charge in [0.15, 0.2) is 11.5 Å². The molecule has 6 heteroatoms. The molecule has 0 saturated carbocycles. The number of nitrogens with zero attached hydrogens (tertiary/aromatic N) is 1. The minimum atomic E-state index is -0.297. The van der Waals surface area contributed by atoms with Gasteiger partial charge >= 0.3 is 5.97 Å². The fourth-order valence-corrected chi connectivity index (χ4v) is 4.97. The first kappa shape index (κ1) is 18.3. The third-order valence-electron chi connectivity index (χ3n) is 6.46. The summed E-state index contributed by atoms with van der Waals surface area (Å²) in [7, 11) is 3.83. The summed E-state index contributed by atoms with van der Waals surface area (Å²) in [4.78, 5) is 14.9. The van der Waals surface area contributed by atoms with Crippen LogP contribution in [0.3, 0.4) is 0 Å². The average Bonchev–Trinajstić information content (AvgIpc) is 3.00. The molecule has 0 bridgehead atoms. The van der Waals surface area contributed by atoms with Gasteiger partial charge in [-0.15, -0.1) is 0 Å². The van der Waals surface area contributed by atoms with Gasteiger partial charge in [0, 0.05) is 31.1 Å². The summed E-state index contributed by atoms with van der Waals surface area (Å²) in [6.07, 6.45) is 11.5. The first-order valence-corrected chi connectivity index (χ1v) is 10.2. The van der Waals surface area contributed by atoms with Crippen LogP contribution in [0.4, 0.5) is 0 Å². The van der Waals surface area contributed by atoms with E-state index in [-0.39, 0.29) is 23.6 Å². The summed E-state index contributed by atoms with van der Waals surface area (Å²) in [5, 5.41) is 2.95. The summed E-state index contributed by atoms with van der Waals surface area (Å²) < 4.78 is 17.9. The minimum Gasteiger partial charge on any atom is -0.493 e. The highest BCUT2D eigenvalue weighted by Crippen LogP contribution is 2.55. The summed E-state index contributed by atoms with van der Waals surface area (Å²) in [6.45, 7) is 1.88. The van der Waals surface area contributed by atoms with Crippen LogP contribution in [-0.4, -0.2) is 43.8 Å². The molecular weight excluding hydrogens is 368 g/mol. The molecule has 3 aliphatic heterocycles. The van der Waals surface area contributed by atoms with E-state index in [0.29, 0.717) is 18.4 Å². The molecule has 0 amide bonds. The molecule has 5 rings (SSSR count). The molecule has 0 radical (unpaired) electrons. The quantitative estimate of drug-likeness (QED) is 0.628. The molecular formula is C23H26N2O4. The molecule has 0 aromatic heterocycles. The largest absolute Gasteiger partial charge is 0.493 e. The van der Waals surface area contributed by atoms with E-state index < -0.39 is 0 Å². The van der Waals surface area contributed by atoms with E-state index in [9.17, 15) is 4.79 Å². The van der Waals surface area contributed by atoms with E-state index in [1.54, 1.807) is 13.3 Å². The molecule has 1 aromatic carbocycles. The van der Waals surface area contributed by atoms with Crippen molar-refractivity contribution in [2.24, 2.45) is 0 Å². The van der Waals surface area contributed by atoms with Gasteiger partial charge in [-0.1, -0.05) is 18.2 Å². The molecule has 29 heavy (non-hydrogen) atoms. The number of esters is 1. The molecule has 1 aliphatic carbocycles. The third kappa shape index (κ3) is 2.94. The Labute approximate surface area is 170 Å². The van der Waals surface area contributed by atoms with Crippen molar-refractivity contribution in [1.29, 1.82) is 0 Å². The molecule has 152 valence electrons. The van der Waals surface area contributed by atoms with Crippen LogP contribution in [0.15, 0.2) is 48.3 Å². The Morgan fingerprint density at radius 1 is 1.38 bits per heavy atom. The molecule has 3 atom stereocenters. The lowest BCUT2D eigenvalue weighted by Gasteiger charge is -2.36. The molecule has 3 heterocycles. The van der Waals surface area contributed by atoms with Gasteiger partial charge in [-0.05, 0) is 43.9 Å². The van der Waals surface area contributed by atoms with E-state index >= 15 is 0 Å². The van der Waals surface area contributed by atoms with Crippen molar-refractivity contribution < 1.29 is 19.0 Å². The Morgan fingerprint density at radius 3 is 3.07 bits per heavy atom. The zero-order valence-corrected chi connectivity index (χ0v) is 16.8. The van der Waals surface area contributed by atoms with Crippen LogP contribution in [0.5, 0.6) is 11.5 Å². The highest BCUT2D eigenvalue weighted by Gasteiger charge is 2.53. The van der Waals surface area contributed by atoms with Crippen molar-refractivity contribution in [2.45, 2.75) is 43.4 Å². The highest BCUT2D eigenvalue weighted by atomic mass is 16.6. The number of methoxy groups -OCH3 is 1. The topological polar surface area (TPSA) is 60.0 Å². The highest BCUT2D eigenvalue weighted by molar-refractivity contribution is 5.89. The van der Waals surface area contributed by atoms with Crippen molar-refractivity contribution in [3.8, 4) is 11.5 Å². The Hall–Kier alpha value is -2.73. The van der Waals surface area contributed by atoms with Crippen LogP contribution in [0.25, 0.3) is 0 Å². The molecule has 6 nitrogen and oxygen atoms in total. The van der Waals surface area contributed by atoms with Gasteiger partial charge in [-0.25, -0.2) is 4.79 Å². The predicted octanol–water partition coefficient (Wildman–Crippen LogP) is 2.79. The smallest absolute Gasteiger partial charge is 0.336 e. The van der Waals surface area contributed by atoms with Crippen LogP contribution in [0.1, 0.15) is 30.4 Å². The second kappa shape index (κ2) is 6.95. The van der Waals surface area contributed by atoms with Gasteiger partial charge < -0.3 is 24.4 Å². The van der Waals surface area contributed by atoms with Gasteiger partial charge in [0.2, 0.25) is 0 Å². The van der Waals surface area contributed by atoms with E-state index in [1.165, 1.54) is 11.1 Å². The monoisotopic (exact) mass is 394 g/mol. The SMILES string of the molecule is COc1ccc2c3c1O[C@H]1C[C@@H](OC(=O)C4=CNC=CC4)C=C[C@@]31CCN(C)C2. The van der Waals surface area contributed by atoms with E-state index in [0.717, 1.165) is 31.0 Å². The van der Waals surface area contributed by atoms with Crippen molar-refractivity contribution in [1.82, 2.24) is 10.2 Å². The number of hydrogen-bond donors (Lipinski definition) is 1. The molecule has 0 saturated heterocycles. The summed E-state index contributed by atoms with van der Waals surface area (Å²) in [6, 6.07) is 4.15. The summed E-state index contributed by atoms with van der Waals surface area (Å²) in [5.74, 6) is 1.35. The average molecular weight is 394 g/mol. The number of ether oxygens (including phenoxy) is 3. The predicted molar refractivity (Wildman–Crippen MR) is 109 cm³/mol. The maximum absolute atomic E-state index is 12.5. The molecule has 4 aliphatic rings. The number of nitrogens with one attached hydrogen (secondary N) is 1. The van der Waals surface area contributed by atoms with Crippen LogP contribution >= 0.6 is 0 Å². The number of carbonyl (C=O) groups excluding carboxylic acids is 1. The minimum absolute atomic E-state index is 0.0693. The normalized spacial score (nSPS) is 29.7. The van der Waals surface area contributed by atoms with Crippen molar-refractivity contribution in [3.63, 3.8) is 0 Å².